The highest BCUT2D eigenvalue weighted by molar-refractivity contribution is 6.11. The second-order valence-electron chi connectivity index (χ2n) is 14.8. The molecule has 1 unspecified atom stereocenters. The molecule has 8 aromatic carbocycles. The van der Waals surface area contributed by atoms with Gasteiger partial charge >= 0.3 is 0 Å². The van der Waals surface area contributed by atoms with Gasteiger partial charge in [-0.15, -0.1) is 0 Å². The van der Waals surface area contributed by atoms with Crippen LogP contribution >= 0.6 is 0 Å². The number of ether oxygens (including phenoxy) is 1. The quantitative estimate of drug-likeness (QED) is 0.189. The minimum atomic E-state index is -0.275. The summed E-state index contributed by atoms with van der Waals surface area (Å²) in [5.74, 6) is 2.65. The van der Waals surface area contributed by atoms with Crippen molar-refractivity contribution in [1.82, 2.24) is 20.3 Å². The molecule has 6 heteroatoms. The number of para-hydroxylation sites is 2. The van der Waals surface area contributed by atoms with Crippen LogP contribution in [0.5, 0.6) is 5.75 Å². The lowest BCUT2D eigenvalue weighted by Crippen LogP contribution is -2.46. The molecule has 2 aliphatic heterocycles. The van der Waals surface area contributed by atoms with Gasteiger partial charge in [-0.2, -0.15) is 0 Å². The first-order valence-electron chi connectivity index (χ1n) is 19.5. The highest BCUT2D eigenvalue weighted by Crippen LogP contribution is 2.38. The third-order valence-electron chi connectivity index (χ3n) is 11.4. The van der Waals surface area contributed by atoms with Crippen LogP contribution < -0.4 is 20.5 Å². The summed E-state index contributed by atoms with van der Waals surface area (Å²) in [6.45, 7) is 0. The van der Waals surface area contributed by atoms with Crippen molar-refractivity contribution in [2.45, 2.75) is 6.23 Å². The van der Waals surface area contributed by atoms with Crippen LogP contribution in [0.1, 0.15) is 11.1 Å². The van der Waals surface area contributed by atoms with Gasteiger partial charge in [0, 0.05) is 43.8 Å². The van der Waals surface area contributed by atoms with Crippen LogP contribution in [0.4, 0.5) is 0 Å². The molecule has 0 radical (unpaired) electrons. The van der Waals surface area contributed by atoms with E-state index in [1.807, 2.05) is 42.5 Å². The molecule has 58 heavy (non-hydrogen) atoms. The van der Waals surface area contributed by atoms with E-state index in [0.717, 1.165) is 77.5 Å². The zero-order chi connectivity index (χ0) is 38.2. The van der Waals surface area contributed by atoms with E-state index < -0.39 is 0 Å². The molecule has 4 heterocycles. The van der Waals surface area contributed by atoms with Gasteiger partial charge in [0.25, 0.3) is 0 Å². The number of aromatic nitrogens is 3. The summed E-state index contributed by atoms with van der Waals surface area (Å²) in [7, 11) is 0. The maximum absolute atomic E-state index is 6.43. The monoisotopic (exact) mass is 744 g/mol. The summed E-state index contributed by atoms with van der Waals surface area (Å²) in [5.41, 5.74) is 10.9. The van der Waals surface area contributed by atoms with E-state index in [9.17, 15) is 0 Å². The van der Waals surface area contributed by atoms with Crippen molar-refractivity contribution < 1.29 is 9.15 Å². The highest BCUT2D eigenvalue weighted by atomic mass is 16.5. The minimum absolute atomic E-state index is 0.275. The van der Waals surface area contributed by atoms with Crippen LogP contribution in [0.25, 0.3) is 89.3 Å². The van der Waals surface area contributed by atoms with Gasteiger partial charge in [0.05, 0.1) is 5.70 Å². The first-order chi connectivity index (χ1) is 28.7. The fourth-order valence-corrected chi connectivity index (χ4v) is 8.60. The van der Waals surface area contributed by atoms with Crippen LogP contribution in [0, 0.1) is 0 Å². The van der Waals surface area contributed by atoms with Gasteiger partial charge in [-0.3, -0.25) is 0 Å². The second-order valence-corrected chi connectivity index (χ2v) is 14.8. The molecule has 272 valence electrons. The number of nitrogens with one attached hydrogen (secondary N) is 1. The first-order valence-corrected chi connectivity index (χ1v) is 19.5. The van der Waals surface area contributed by atoms with Crippen molar-refractivity contribution >= 4 is 44.0 Å². The Balaban J connectivity index is 1.01. The second kappa shape index (κ2) is 12.9. The molecule has 10 aromatic rings. The van der Waals surface area contributed by atoms with E-state index in [1.54, 1.807) is 0 Å². The Labute approximate surface area is 333 Å². The predicted molar refractivity (Wildman–Crippen MR) is 231 cm³/mol. The molecule has 2 aromatic heterocycles. The Morgan fingerprint density at radius 1 is 0.431 bits per heavy atom. The first kappa shape index (κ1) is 32.4. The highest BCUT2D eigenvalue weighted by Gasteiger charge is 2.32. The fourth-order valence-electron chi connectivity index (χ4n) is 8.60. The van der Waals surface area contributed by atoms with Crippen LogP contribution in [0.2, 0.25) is 0 Å². The zero-order valence-electron chi connectivity index (χ0n) is 31.1. The van der Waals surface area contributed by atoms with E-state index >= 15 is 0 Å². The van der Waals surface area contributed by atoms with Crippen molar-refractivity contribution in [3.05, 3.63) is 204 Å². The molecule has 0 saturated heterocycles. The van der Waals surface area contributed by atoms with Crippen LogP contribution in [-0.4, -0.2) is 21.2 Å². The number of benzene rings is 8. The molecular formula is C52H32N4O2. The Morgan fingerprint density at radius 2 is 1.07 bits per heavy atom. The van der Waals surface area contributed by atoms with E-state index in [0.29, 0.717) is 17.5 Å². The van der Waals surface area contributed by atoms with Crippen LogP contribution in [-0.2, 0) is 0 Å². The molecule has 2 aliphatic rings. The van der Waals surface area contributed by atoms with Crippen molar-refractivity contribution in [1.29, 1.82) is 0 Å². The molecule has 0 amide bonds. The Bertz CT molecular complexity index is 3420. The van der Waals surface area contributed by atoms with Crippen molar-refractivity contribution in [2.24, 2.45) is 0 Å². The molecule has 6 nitrogen and oxygen atoms in total. The molecule has 1 atom stereocenters. The number of fused-ring (bicyclic) bond motifs is 8. The standard InChI is InChI=1S/C52H32N4O2/c1-2-12-34-29-36(28-23-31(34)11-1)35-13-9-14-37(30-35)50-54-49(55-51(56-50)42-19-10-22-45-46(42)40-17-5-7-20-43(40)57-45)33-26-24-32(25-27-33)48-39-16-4-3-15-38(39)47-41-18-6-8-21-44(41)58-52(47)53-48/h1-30,52-53H. The lowest BCUT2D eigenvalue weighted by atomic mass is 9.96. The number of hydrogen-bond donors (Lipinski definition) is 1. The van der Waals surface area contributed by atoms with Crippen LogP contribution in [0.15, 0.2) is 186 Å². The third-order valence-corrected chi connectivity index (χ3v) is 11.4. The van der Waals surface area contributed by atoms with Gasteiger partial charge in [-0.1, -0.05) is 152 Å². The molecule has 0 bridgehead atoms. The van der Waals surface area contributed by atoms with E-state index in [1.165, 1.54) is 21.6 Å². The van der Waals surface area contributed by atoms with Gasteiger partial charge in [0.1, 0.15) is 16.9 Å². The maximum atomic E-state index is 6.43. The van der Waals surface area contributed by atoms with Gasteiger partial charge in [0.15, 0.2) is 23.7 Å². The summed E-state index contributed by atoms with van der Waals surface area (Å²) in [6.07, 6.45) is -0.275. The summed E-state index contributed by atoms with van der Waals surface area (Å²) >= 11 is 0. The number of nitrogens with zero attached hydrogens (tertiary/aromatic N) is 3. The molecule has 12 rings (SSSR count). The minimum Gasteiger partial charge on any atom is -0.466 e. The molecule has 0 spiro atoms. The van der Waals surface area contributed by atoms with Gasteiger partial charge in [-0.25, -0.2) is 15.0 Å². The fraction of sp³-hybridized carbons (Fsp3) is 0.0192. The molecule has 0 aliphatic carbocycles. The molecule has 0 saturated carbocycles. The van der Waals surface area contributed by atoms with Gasteiger partial charge in [0.2, 0.25) is 0 Å². The van der Waals surface area contributed by atoms with Gasteiger partial charge < -0.3 is 14.5 Å². The SMILES string of the molecule is c1cc(-c2ccc3ccccc3c2)cc(-c2nc(-c3ccc(C4=c5ccccc5=C5c6ccccc6OC5N4)cc3)nc(-c3cccc4oc5ccccc5c34)n2)c1. The summed E-state index contributed by atoms with van der Waals surface area (Å²) in [4.78, 5) is 15.5. The molecule has 1 N–H and O–H groups in total. The molecular weight excluding hydrogens is 713 g/mol. The Kier molecular flexibility index (Phi) is 7.19. The maximum Gasteiger partial charge on any atom is 0.197 e. The average Bonchev–Trinajstić information content (AvgIpc) is 3.87. The predicted octanol–water partition coefficient (Wildman–Crippen LogP) is 10.3. The zero-order valence-corrected chi connectivity index (χ0v) is 31.1. The summed E-state index contributed by atoms with van der Waals surface area (Å²) in [6, 6.07) is 62.9. The van der Waals surface area contributed by atoms with E-state index in [-0.39, 0.29) is 6.23 Å². The van der Waals surface area contributed by atoms with Gasteiger partial charge in [-0.05, 0) is 63.0 Å². The topological polar surface area (TPSA) is 73.1 Å². The Morgan fingerprint density at radius 3 is 1.98 bits per heavy atom. The smallest absolute Gasteiger partial charge is 0.197 e. The largest absolute Gasteiger partial charge is 0.466 e. The van der Waals surface area contributed by atoms with Crippen LogP contribution in [0.3, 0.4) is 0 Å². The molecule has 0 fully saturated rings. The van der Waals surface area contributed by atoms with Crippen molar-refractivity contribution in [2.75, 3.05) is 0 Å². The Hall–Kier alpha value is -7.83. The average molecular weight is 745 g/mol. The van der Waals surface area contributed by atoms with E-state index in [2.05, 4.69) is 145 Å². The lowest BCUT2D eigenvalue weighted by molar-refractivity contribution is 0.256. The van der Waals surface area contributed by atoms with Crippen molar-refractivity contribution in [3.63, 3.8) is 0 Å². The summed E-state index contributed by atoms with van der Waals surface area (Å²) in [5, 5.41) is 10.4. The number of furan rings is 1. The third kappa shape index (κ3) is 5.23. The number of rotatable bonds is 5. The normalized spacial score (nSPS) is 14.2. The van der Waals surface area contributed by atoms with E-state index in [4.69, 9.17) is 24.1 Å². The summed E-state index contributed by atoms with van der Waals surface area (Å²) < 4.78 is 12.7. The number of hydrogen-bond acceptors (Lipinski definition) is 6. The lowest BCUT2D eigenvalue weighted by Gasteiger charge is -2.23. The van der Waals surface area contributed by atoms with Crippen molar-refractivity contribution in [3.8, 4) is 51.0 Å².